The van der Waals surface area contributed by atoms with Gasteiger partial charge in [-0.2, -0.15) is 0 Å². The lowest BCUT2D eigenvalue weighted by molar-refractivity contribution is -0.157. The number of hydrogen-bond acceptors (Lipinski definition) is 4. The first-order chi connectivity index (χ1) is 12.0. The van der Waals surface area contributed by atoms with Gasteiger partial charge in [0.25, 0.3) is 5.91 Å². The van der Waals surface area contributed by atoms with Crippen molar-refractivity contribution in [1.29, 1.82) is 0 Å². The standard InChI is InChI=1S/C19H24FNO4/c1-4-19(18(23)25-5-2)11-13-7-9-16(19)21(13)17(22)12-6-8-15(24-3)14(20)10-12/h6,8,10,13,16H,4-5,7,9,11H2,1-3H3/t13-,16+,19+/m1/s1. The van der Waals surface area contributed by atoms with Gasteiger partial charge in [-0.3, -0.25) is 9.59 Å². The highest BCUT2D eigenvalue weighted by atomic mass is 19.1. The summed E-state index contributed by atoms with van der Waals surface area (Å²) in [5.74, 6) is -0.903. The Kier molecular flexibility index (Phi) is 4.71. The molecule has 2 bridgehead atoms. The molecule has 0 aliphatic carbocycles. The summed E-state index contributed by atoms with van der Waals surface area (Å²) in [5.41, 5.74) is -0.356. The molecule has 0 radical (unpaired) electrons. The Morgan fingerprint density at radius 1 is 1.32 bits per heavy atom. The van der Waals surface area contributed by atoms with Crippen molar-refractivity contribution in [3.8, 4) is 5.75 Å². The molecule has 0 saturated carbocycles. The minimum absolute atomic E-state index is 0.00650. The van der Waals surface area contributed by atoms with Gasteiger partial charge in [-0.15, -0.1) is 0 Å². The van der Waals surface area contributed by atoms with Gasteiger partial charge in [-0.1, -0.05) is 6.92 Å². The maximum Gasteiger partial charge on any atom is 0.314 e. The van der Waals surface area contributed by atoms with Gasteiger partial charge in [0, 0.05) is 17.6 Å². The first kappa shape index (κ1) is 17.7. The topological polar surface area (TPSA) is 55.8 Å². The summed E-state index contributed by atoms with van der Waals surface area (Å²) >= 11 is 0. The van der Waals surface area contributed by atoms with Crippen molar-refractivity contribution in [3.05, 3.63) is 29.6 Å². The van der Waals surface area contributed by atoms with Gasteiger partial charge in [-0.25, -0.2) is 4.39 Å². The van der Waals surface area contributed by atoms with Gasteiger partial charge in [0.1, 0.15) is 0 Å². The molecule has 1 amide bonds. The predicted octanol–water partition coefficient (Wildman–Crippen LogP) is 3.17. The summed E-state index contributed by atoms with van der Waals surface area (Å²) in [6.45, 7) is 4.08. The van der Waals surface area contributed by atoms with Crippen LogP contribution < -0.4 is 4.74 Å². The molecule has 2 saturated heterocycles. The summed E-state index contributed by atoms with van der Waals surface area (Å²) in [7, 11) is 1.38. The Morgan fingerprint density at radius 3 is 2.68 bits per heavy atom. The van der Waals surface area contributed by atoms with Crippen LogP contribution >= 0.6 is 0 Å². The summed E-state index contributed by atoms with van der Waals surface area (Å²) in [6, 6.07) is 4.06. The molecule has 6 heteroatoms. The van der Waals surface area contributed by atoms with E-state index in [0.29, 0.717) is 19.4 Å². The van der Waals surface area contributed by atoms with Crippen molar-refractivity contribution < 1.29 is 23.5 Å². The van der Waals surface area contributed by atoms with Crippen molar-refractivity contribution >= 4 is 11.9 Å². The van der Waals surface area contributed by atoms with Crippen LogP contribution in [0.5, 0.6) is 5.75 Å². The number of methoxy groups -OCH3 is 1. The molecule has 2 aliphatic rings. The number of amides is 1. The second kappa shape index (κ2) is 6.65. The molecule has 2 heterocycles. The van der Waals surface area contributed by atoms with Crippen LogP contribution in [0.15, 0.2) is 18.2 Å². The number of benzene rings is 1. The Bertz CT molecular complexity index is 692. The average molecular weight is 349 g/mol. The van der Waals surface area contributed by atoms with Crippen LogP contribution in [0.25, 0.3) is 0 Å². The molecule has 5 nitrogen and oxygen atoms in total. The highest BCUT2D eigenvalue weighted by molar-refractivity contribution is 5.96. The largest absolute Gasteiger partial charge is 0.494 e. The van der Waals surface area contributed by atoms with E-state index < -0.39 is 11.2 Å². The number of nitrogens with zero attached hydrogens (tertiary/aromatic N) is 1. The van der Waals surface area contributed by atoms with E-state index in [1.165, 1.54) is 19.2 Å². The summed E-state index contributed by atoms with van der Waals surface area (Å²) < 4.78 is 24.2. The quantitative estimate of drug-likeness (QED) is 0.766. The molecular weight excluding hydrogens is 325 g/mol. The summed E-state index contributed by atoms with van der Waals surface area (Å²) in [6.07, 6.45) is 2.91. The number of esters is 1. The molecule has 1 aromatic rings. The van der Waals surface area contributed by atoms with E-state index in [1.807, 2.05) is 6.92 Å². The molecule has 3 rings (SSSR count). The third-order valence-corrected chi connectivity index (χ3v) is 5.69. The molecule has 2 aliphatic heterocycles. The first-order valence-corrected chi connectivity index (χ1v) is 8.82. The zero-order valence-corrected chi connectivity index (χ0v) is 14.9. The van der Waals surface area contributed by atoms with E-state index in [4.69, 9.17) is 9.47 Å². The molecule has 25 heavy (non-hydrogen) atoms. The van der Waals surface area contributed by atoms with Crippen molar-refractivity contribution in [2.24, 2.45) is 5.41 Å². The Morgan fingerprint density at radius 2 is 2.08 bits per heavy atom. The number of rotatable bonds is 5. The molecule has 3 atom stereocenters. The molecule has 0 aromatic heterocycles. The fourth-order valence-electron chi connectivity index (χ4n) is 4.46. The SMILES string of the molecule is CCOC(=O)[C@@]1(CC)C[C@H]2CC[C@@H]1N2C(=O)c1ccc(OC)c(F)c1. The number of ether oxygens (including phenoxy) is 2. The second-order valence-electron chi connectivity index (χ2n) is 6.74. The average Bonchev–Trinajstić information content (AvgIpc) is 3.17. The summed E-state index contributed by atoms with van der Waals surface area (Å²) in [4.78, 5) is 27.4. The highest BCUT2D eigenvalue weighted by Crippen LogP contribution is 2.52. The fraction of sp³-hybridized carbons (Fsp3) is 0.579. The van der Waals surface area contributed by atoms with E-state index in [1.54, 1.807) is 17.9 Å². The Balaban J connectivity index is 1.89. The molecule has 136 valence electrons. The minimum atomic E-state index is -0.639. The lowest BCUT2D eigenvalue weighted by Gasteiger charge is -2.34. The third kappa shape index (κ3) is 2.68. The van der Waals surface area contributed by atoms with Crippen LogP contribution in [-0.4, -0.2) is 42.6 Å². The predicted molar refractivity (Wildman–Crippen MR) is 89.9 cm³/mol. The Hall–Kier alpha value is -2.11. The van der Waals surface area contributed by atoms with Crippen LogP contribution in [-0.2, 0) is 9.53 Å². The Labute approximate surface area is 147 Å². The van der Waals surface area contributed by atoms with E-state index in [9.17, 15) is 14.0 Å². The molecule has 1 aromatic carbocycles. The molecule has 2 fully saturated rings. The van der Waals surface area contributed by atoms with Crippen LogP contribution in [0.3, 0.4) is 0 Å². The van der Waals surface area contributed by atoms with Crippen molar-refractivity contribution in [3.63, 3.8) is 0 Å². The van der Waals surface area contributed by atoms with E-state index >= 15 is 0 Å². The number of carbonyl (C=O) groups excluding carboxylic acids is 2. The number of fused-ring (bicyclic) bond motifs is 2. The van der Waals surface area contributed by atoms with Crippen LogP contribution in [0.2, 0.25) is 0 Å². The molecule has 0 N–H and O–H groups in total. The van der Waals surface area contributed by atoms with Crippen LogP contribution in [0.1, 0.15) is 49.9 Å². The van der Waals surface area contributed by atoms with Gasteiger partial charge in [0.05, 0.1) is 19.1 Å². The van der Waals surface area contributed by atoms with Crippen molar-refractivity contribution in [2.45, 2.75) is 51.6 Å². The minimum Gasteiger partial charge on any atom is -0.494 e. The fourth-order valence-corrected chi connectivity index (χ4v) is 4.46. The van der Waals surface area contributed by atoms with Crippen molar-refractivity contribution in [1.82, 2.24) is 4.90 Å². The van der Waals surface area contributed by atoms with E-state index in [2.05, 4.69) is 0 Å². The normalized spacial score (nSPS) is 27.4. The zero-order chi connectivity index (χ0) is 18.2. The first-order valence-electron chi connectivity index (χ1n) is 8.82. The third-order valence-electron chi connectivity index (χ3n) is 5.69. The zero-order valence-electron chi connectivity index (χ0n) is 14.9. The molecule has 0 spiro atoms. The van der Waals surface area contributed by atoms with Gasteiger partial charge in [-0.05, 0) is 50.8 Å². The van der Waals surface area contributed by atoms with Crippen LogP contribution in [0, 0.1) is 11.2 Å². The maximum absolute atomic E-state index is 14.0. The summed E-state index contributed by atoms with van der Waals surface area (Å²) in [5, 5.41) is 0. The number of carbonyl (C=O) groups is 2. The maximum atomic E-state index is 14.0. The highest BCUT2D eigenvalue weighted by Gasteiger charge is 2.61. The smallest absolute Gasteiger partial charge is 0.314 e. The molecular formula is C19H24FNO4. The number of hydrogen-bond donors (Lipinski definition) is 0. The van der Waals surface area contributed by atoms with E-state index in [0.717, 1.165) is 12.8 Å². The lowest BCUT2D eigenvalue weighted by Crippen LogP contribution is -2.45. The van der Waals surface area contributed by atoms with Gasteiger partial charge in [0.2, 0.25) is 0 Å². The van der Waals surface area contributed by atoms with Crippen molar-refractivity contribution in [2.75, 3.05) is 13.7 Å². The van der Waals surface area contributed by atoms with Crippen LogP contribution in [0.4, 0.5) is 4.39 Å². The van der Waals surface area contributed by atoms with Gasteiger partial charge in [0.15, 0.2) is 11.6 Å². The monoisotopic (exact) mass is 349 g/mol. The number of halogens is 1. The van der Waals surface area contributed by atoms with Gasteiger partial charge >= 0.3 is 5.97 Å². The van der Waals surface area contributed by atoms with Gasteiger partial charge < -0.3 is 14.4 Å². The second-order valence-corrected chi connectivity index (χ2v) is 6.74. The van der Waals surface area contributed by atoms with E-state index in [-0.39, 0.29) is 35.3 Å². The molecule has 0 unspecified atom stereocenters. The lowest BCUT2D eigenvalue weighted by atomic mass is 9.72.